The summed E-state index contributed by atoms with van der Waals surface area (Å²) in [5.41, 5.74) is 0. The van der Waals surface area contributed by atoms with E-state index in [1.54, 1.807) is 0 Å². The first-order valence-electron chi connectivity index (χ1n) is 21.2. The minimum Gasteiger partial charge on any atom is -0.462 e. The highest BCUT2D eigenvalue weighted by molar-refractivity contribution is 5.71. The van der Waals surface area contributed by atoms with Crippen LogP contribution in [-0.4, -0.2) is 37.2 Å². The highest BCUT2D eigenvalue weighted by Gasteiger charge is 2.19. The smallest absolute Gasteiger partial charge is 0.306 e. The molecule has 0 unspecified atom stereocenters. The van der Waals surface area contributed by atoms with Crippen LogP contribution in [0.1, 0.15) is 226 Å². The Bertz CT molecular complexity index is 763. The molecule has 0 N–H and O–H groups in total. The van der Waals surface area contributed by atoms with Gasteiger partial charge in [0.2, 0.25) is 0 Å². The Morgan fingerprint density at radius 2 is 0.673 bits per heavy atom. The standard InChI is InChI=1S/C43H80O6/c1-4-7-10-12-14-16-18-20-21-23-25-27-29-31-34-37-43(46)49-40(38-47-41(44)35-32-9-6-3)39-48-42(45)36-33-30-28-26-24-22-19-17-15-13-11-8-5-2/h20-21,40H,4-19,22-39H2,1-3H3/b21-20-/t40-/m0/s1. The Kier molecular flexibility index (Phi) is 37.5. The summed E-state index contributed by atoms with van der Waals surface area (Å²) in [5, 5.41) is 0. The summed E-state index contributed by atoms with van der Waals surface area (Å²) in [6.45, 7) is 6.46. The molecule has 0 saturated carbocycles. The monoisotopic (exact) mass is 693 g/mol. The fraction of sp³-hybridized carbons (Fsp3) is 0.884. The minimum absolute atomic E-state index is 0.0718. The molecule has 6 heteroatoms. The normalized spacial score (nSPS) is 12.0. The number of carbonyl (C=O) groups excluding carboxylic acids is 3. The van der Waals surface area contributed by atoms with E-state index >= 15 is 0 Å². The minimum atomic E-state index is -0.763. The van der Waals surface area contributed by atoms with Crippen LogP contribution in [0, 0.1) is 0 Å². The maximum atomic E-state index is 12.6. The maximum Gasteiger partial charge on any atom is 0.306 e. The lowest BCUT2D eigenvalue weighted by Gasteiger charge is -2.18. The van der Waals surface area contributed by atoms with E-state index in [0.29, 0.717) is 19.3 Å². The number of unbranched alkanes of at least 4 members (excludes halogenated alkanes) is 25. The van der Waals surface area contributed by atoms with E-state index in [4.69, 9.17) is 14.2 Å². The SMILES string of the molecule is CCCCCCCC/C=C\CCCCCCCC(=O)O[C@@H](COC(=O)CCCCC)COC(=O)CCCCCCCCCCCCCCC. The molecule has 0 aliphatic heterocycles. The summed E-state index contributed by atoms with van der Waals surface area (Å²) < 4.78 is 16.5. The Morgan fingerprint density at radius 1 is 0.388 bits per heavy atom. The van der Waals surface area contributed by atoms with E-state index in [2.05, 4.69) is 32.9 Å². The molecule has 0 rings (SSSR count). The zero-order valence-electron chi connectivity index (χ0n) is 32.7. The molecule has 0 aliphatic carbocycles. The topological polar surface area (TPSA) is 78.9 Å². The Hall–Kier alpha value is -1.85. The first-order chi connectivity index (χ1) is 24.0. The van der Waals surface area contributed by atoms with Gasteiger partial charge in [-0.2, -0.15) is 0 Å². The largest absolute Gasteiger partial charge is 0.462 e. The average molecular weight is 693 g/mol. The quantitative estimate of drug-likeness (QED) is 0.0277. The molecular formula is C43H80O6. The van der Waals surface area contributed by atoms with Crippen molar-refractivity contribution in [3.8, 4) is 0 Å². The van der Waals surface area contributed by atoms with Gasteiger partial charge in [-0.05, 0) is 44.9 Å². The molecule has 0 amide bonds. The summed E-state index contributed by atoms with van der Waals surface area (Å²) in [5.74, 6) is -0.905. The fourth-order valence-corrected chi connectivity index (χ4v) is 6.02. The van der Waals surface area contributed by atoms with Crippen LogP contribution < -0.4 is 0 Å². The van der Waals surface area contributed by atoms with Crippen LogP contribution in [0.3, 0.4) is 0 Å². The molecule has 0 aromatic carbocycles. The predicted molar refractivity (Wildman–Crippen MR) is 206 cm³/mol. The molecule has 6 nitrogen and oxygen atoms in total. The number of ether oxygens (including phenoxy) is 3. The molecule has 0 heterocycles. The lowest BCUT2D eigenvalue weighted by molar-refractivity contribution is -0.167. The summed E-state index contributed by atoms with van der Waals surface area (Å²) in [6, 6.07) is 0. The van der Waals surface area contributed by atoms with Crippen molar-refractivity contribution >= 4 is 17.9 Å². The first-order valence-corrected chi connectivity index (χ1v) is 21.2. The van der Waals surface area contributed by atoms with Gasteiger partial charge in [0.05, 0.1) is 0 Å². The van der Waals surface area contributed by atoms with Crippen molar-refractivity contribution in [3.05, 3.63) is 12.2 Å². The van der Waals surface area contributed by atoms with Gasteiger partial charge in [-0.3, -0.25) is 14.4 Å². The molecule has 49 heavy (non-hydrogen) atoms. The summed E-state index contributed by atoms with van der Waals surface area (Å²) in [6.07, 6.45) is 39.7. The molecule has 0 aromatic rings. The van der Waals surface area contributed by atoms with Crippen molar-refractivity contribution in [3.63, 3.8) is 0 Å². The second kappa shape index (κ2) is 38.9. The zero-order chi connectivity index (χ0) is 35.9. The molecule has 0 fully saturated rings. The average Bonchev–Trinajstić information content (AvgIpc) is 3.09. The van der Waals surface area contributed by atoms with Crippen molar-refractivity contribution in [1.29, 1.82) is 0 Å². The van der Waals surface area contributed by atoms with Crippen LogP contribution in [0.5, 0.6) is 0 Å². The summed E-state index contributed by atoms with van der Waals surface area (Å²) in [4.78, 5) is 37.1. The maximum absolute atomic E-state index is 12.6. The van der Waals surface area contributed by atoms with Gasteiger partial charge < -0.3 is 14.2 Å². The van der Waals surface area contributed by atoms with E-state index in [1.165, 1.54) is 122 Å². The molecule has 0 radical (unpaired) electrons. The third kappa shape index (κ3) is 37.2. The highest BCUT2D eigenvalue weighted by atomic mass is 16.6. The third-order valence-electron chi connectivity index (χ3n) is 9.27. The van der Waals surface area contributed by atoms with E-state index in [-0.39, 0.29) is 31.1 Å². The van der Waals surface area contributed by atoms with Gasteiger partial charge in [0.25, 0.3) is 0 Å². The number of carbonyl (C=O) groups is 3. The van der Waals surface area contributed by atoms with Gasteiger partial charge in [-0.15, -0.1) is 0 Å². The lowest BCUT2D eigenvalue weighted by Crippen LogP contribution is -2.30. The van der Waals surface area contributed by atoms with Crippen LogP contribution >= 0.6 is 0 Å². The summed E-state index contributed by atoms with van der Waals surface area (Å²) >= 11 is 0. The fourth-order valence-electron chi connectivity index (χ4n) is 6.02. The van der Waals surface area contributed by atoms with E-state index < -0.39 is 6.10 Å². The number of allylic oxidation sites excluding steroid dienone is 2. The molecule has 0 spiro atoms. The van der Waals surface area contributed by atoms with Gasteiger partial charge in [-0.1, -0.05) is 174 Å². The lowest BCUT2D eigenvalue weighted by atomic mass is 10.0. The second-order valence-corrected chi connectivity index (χ2v) is 14.3. The number of rotatable bonds is 38. The van der Waals surface area contributed by atoms with Gasteiger partial charge >= 0.3 is 17.9 Å². The van der Waals surface area contributed by atoms with E-state index in [1.807, 2.05) is 0 Å². The van der Waals surface area contributed by atoms with Crippen molar-refractivity contribution in [2.45, 2.75) is 232 Å². The third-order valence-corrected chi connectivity index (χ3v) is 9.27. The van der Waals surface area contributed by atoms with Crippen molar-refractivity contribution < 1.29 is 28.6 Å². The van der Waals surface area contributed by atoms with Crippen LogP contribution in [-0.2, 0) is 28.6 Å². The van der Waals surface area contributed by atoms with Gasteiger partial charge in [0.15, 0.2) is 6.10 Å². The molecule has 0 saturated heterocycles. The van der Waals surface area contributed by atoms with Crippen LogP contribution in [0.4, 0.5) is 0 Å². The van der Waals surface area contributed by atoms with Crippen LogP contribution in [0.25, 0.3) is 0 Å². The van der Waals surface area contributed by atoms with E-state index in [0.717, 1.165) is 64.2 Å². The Morgan fingerprint density at radius 3 is 1.06 bits per heavy atom. The van der Waals surface area contributed by atoms with Crippen LogP contribution in [0.15, 0.2) is 12.2 Å². The molecule has 288 valence electrons. The van der Waals surface area contributed by atoms with Crippen LogP contribution in [0.2, 0.25) is 0 Å². The van der Waals surface area contributed by atoms with Crippen molar-refractivity contribution in [2.75, 3.05) is 13.2 Å². The molecule has 0 aliphatic rings. The van der Waals surface area contributed by atoms with Gasteiger partial charge in [0.1, 0.15) is 13.2 Å². The van der Waals surface area contributed by atoms with Crippen molar-refractivity contribution in [1.82, 2.24) is 0 Å². The molecule has 1 atom stereocenters. The number of esters is 3. The first kappa shape index (κ1) is 47.1. The Labute approximate surface area is 303 Å². The molecular weight excluding hydrogens is 612 g/mol. The van der Waals surface area contributed by atoms with Gasteiger partial charge in [0, 0.05) is 19.3 Å². The second-order valence-electron chi connectivity index (χ2n) is 14.3. The highest BCUT2D eigenvalue weighted by Crippen LogP contribution is 2.14. The zero-order valence-corrected chi connectivity index (χ0v) is 32.7. The summed E-state index contributed by atoms with van der Waals surface area (Å²) in [7, 11) is 0. The Balaban J connectivity index is 4.14. The number of hydrogen-bond donors (Lipinski definition) is 0. The van der Waals surface area contributed by atoms with E-state index in [9.17, 15) is 14.4 Å². The number of hydrogen-bond acceptors (Lipinski definition) is 6. The van der Waals surface area contributed by atoms with Crippen molar-refractivity contribution in [2.24, 2.45) is 0 Å². The molecule has 0 bridgehead atoms. The molecule has 0 aromatic heterocycles. The predicted octanol–water partition coefficient (Wildman–Crippen LogP) is 13.1. The van der Waals surface area contributed by atoms with Gasteiger partial charge in [-0.25, -0.2) is 0 Å².